The van der Waals surface area contributed by atoms with Crippen LogP contribution >= 0.6 is 0 Å². The van der Waals surface area contributed by atoms with Crippen molar-refractivity contribution in [3.8, 4) is 16.8 Å². The van der Waals surface area contributed by atoms with Gasteiger partial charge in [-0.3, -0.25) is 0 Å². The van der Waals surface area contributed by atoms with Crippen molar-refractivity contribution < 1.29 is 0 Å². The van der Waals surface area contributed by atoms with Gasteiger partial charge < -0.3 is 4.57 Å². The number of para-hydroxylation sites is 1. The van der Waals surface area contributed by atoms with E-state index in [1.807, 2.05) is 0 Å². The molecular weight excluding hydrogens is 386 g/mol. The molecule has 0 aliphatic heterocycles. The molecule has 0 amide bonds. The largest absolute Gasteiger partial charge is 0.309 e. The summed E-state index contributed by atoms with van der Waals surface area (Å²) in [6, 6.07) is 37.9. The Bertz CT molecular complexity index is 1700. The van der Waals surface area contributed by atoms with Crippen LogP contribution in [-0.4, -0.2) is 4.57 Å². The second kappa shape index (κ2) is 6.11. The number of nitrogens with zero attached hydrogens (tertiary/aromatic N) is 1. The van der Waals surface area contributed by atoms with Crippen LogP contribution in [0.2, 0.25) is 0 Å². The standard InChI is InChI=1S/C31H23N/c1-31(2)26-13-7-5-11-23(26)24-17-16-21(19-27(24)31)32-28-14-8-6-12-25(28)30-22-10-4-3-9-20(22)15-18-29(30)32/h3-19H,1-2H3. The van der Waals surface area contributed by atoms with E-state index in [0.717, 1.165) is 0 Å². The van der Waals surface area contributed by atoms with Gasteiger partial charge in [0.25, 0.3) is 0 Å². The van der Waals surface area contributed by atoms with Crippen LogP contribution in [0.5, 0.6) is 0 Å². The lowest BCUT2D eigenvalue weighted by atomic mass is 9.82. The van der Waals surface area contributed by atoms with Gasteiger partial charge in [0.2, 0.25) is 0 Å². The zero-order valence-electron chi connectivity index (χ0n) is 18.3. The van der Waals surface area contributed by atoms with Crippen LogP contribution in [0.15, 0.2) is 103 Å². The Hall–Kier alpha value is -3.84. The maximum atomic E-state index is 2.44. The molecule has 1 nitrogen and oxygen atoms in total. The second-order valence-corrected chi connectivity index (χ2v) is 9.43. The van der Waals surface area contributed by atoms with E-state index >= 15 is 0 Å². The topological polar surface area (TPSA) is 4.93 Å². The van der Waals surface area contributed by atoms with E-state index in [0.29, 0.717) is 0 Å². The number of hydrogen-bond acceptors (Lipinski definition) is 0. The minimum Gasteiger partial charge on any atom is -0.309 e. The number of aromatic nitrogens is 1. The van der Waals surface area contributed by atoms with Crippen molar-refractivity contribution in [3.05, 3.63) is 114 Å². The summed E-state index contributed by atoms with van der Waals surface area (Å²) in [4.78, 5) is 0. The fraction of sp³-hybridized carbons (Fsp3) is 0.0968. The maximum absolute atomic E-state index is 2.44. The molecule has 7 rings (SSSR count). The number of hydrogen-bond donors (Lipinski definition) is 0. The third-order valence-corrected chi connectivity index (χ3v) is 7.39. The number of benzene rings is 5. The Labute approximate surface area is 187 Å². The molecule has 1 aliphatic rings. The molecule has 32 heavy (non-hydrogen) atoms. The van der Waals surface area contributed by atoms with Crippen LogP contribution in [-0.2, 0) is 5.41 Å². The van der Waals surface area contributed by atoms with Crippen LogP contribution < -0.4 is 0 Å². The molecule has 0 N–H and O–H groups in total. The van der Waals surface area contributed by atoms with Gasteiger partial charge in [-0.15, -0.1) is 0 Å². The first kappa shape index (κ1) is 17.8. The van der Waals surface area contributed by atoms with Crippen molar-refractivity contribution in [1.82, 2.24) is 4.57 Å². The molecule has 0 atom stereocenters. The molecule has 1 aliphatic carbocycles. The highest BCUT2D eigenvalue weighted by atomic mass is 15.0. The Balaban J connectivity index is 1.58. The Kier molecular flexibility index (Phi) is 3.40. The average molecular weight is 410 g/mol. The van der Waals surface area contributed by atoms with E-state index in [2.05, 4.69) is 122 Å². The van der Waals surface area contributed by atoms with Gasteiger partial charge in [0.1, 0.15) is 0 Å². The summed E-state index contributed by atoms with van der Waals surface area (Å²) < 4.78 is 2.44. The van der Waals surface area contributed by atoms with Crippen molar-refractivity contribution in [1.29, 1.82) is 0 Å². The molecule has 0 spiro atoms. The van der Waals surface area contributed by atoms with Gasteiger partial charge >= 0.3 is 0 Å². The molecule has 0 saturated heterocycles. The third kappa shape index (κ3) is 2.18. The first-order valence-electron chi connectivity index (χ1n) is 11.3. The summed E-state index contributed by atoms with van der Waals surface area (Å²) in [5, 5.41) is 5.24. The Morgan fingerprint density at radius 1 is 0.562 bits per heavy atom. The van der Waals surface area contributed by atoms with E-state index in [9.17, 15) is 0 Å². The van der Waals surface area contributed by atoms with E-state index in [-0.39, 0.29) is 5.41 Å². The lowest BCUT2D eigenvalue weighted by Gasteiger charge is -2.22. The van der Waals surface area contributed by atoms with Crippen molar-refractivity contribution in [3.63, 3.8) is 0 Å². The molecule has 6 aromatic rings. The van der Waals surface area contributed by atoms with Crippen molar-refractivity contribution in [2.45, 2.75) is 19.3 Å². The van der Waals surface area contributed by atoms with E-state index < -0.39 is 0 Å². The molecule has 0 unspecified atom stereocenters. The van der Waals surface area contributed by atoms with Crippen LogP contribution in [0.4, 0.5) is 0 Å². The minimum absolute atomic E-state index is 0.00655. The molecule has 0 fully saturated rings. The first-order valence-corrected chi connectivity index (χ1v) is 11.3. The Morgan fingerprint density at radius 2 is 1.28 bits per heavy atom. The normalized spacial score (nSPS) is 14.2. The summed E-state index contributed by atoms with van der Waals surface area (Å²) in [6.07, 6.45) is 0. The van der Waals surface area contributed by atoms with Crippen molar-refractivity contribution in [2.24, 2.45) is 0 Å². The van der Waals surface area contributed by atoms with Gasteiger partial charge in [-0.2, -0.15) is 0 Å². The summed E-state index contributed by atoms with van der Waals surface area (Å²) in [7, 11) is 0. The van der Waals surface area contributed by atoms with Gasteiger partial charge in [-0.25, -0.2) is 0 Å². The summed E-state index contributed by atoms with van der Waals surface area (Å²) in [5.74, 6) is 0. The van der Waals surface area contributed by atoms with Crippen LogP contribution in [0, 0.1) is 0 Å². The third-order valence-electron chi connectivity index (χ3n) is 7.39. The van der Waals surface area contributed by atoms with Gasteiger partial charge in [-0.05, 0) is 57.3 Å². The van der Waals surface area contributed by atoms with Crippen LogP contribution in [0.1, 0.15) is 25.0 Å². The first-order chi connectivity index (χ1) is 15.6. The molecule has 1 heteroatoms. The fourth-order valence-electron chi connectivity index (χ4n) is 5.85. The summed E-state index contributed by atoms with van der Waals surface area (Å²) >= 11 is 0. The molecule has 152 valence electrons. The van der Waals surface area contributed by atoms with Crippen LogP contribution in [0.3, 0.4) is 0 Å². The van der Waals surface area contributed by atoms with Crippen LogP contribution in [0.25, 0.3) is 49.4 Å². The fourth-order valence-corrected chi connectivity index (χ4v) is 5.85. The lowest BCUT2D eigenvalue weighted by molar-refractivity contribution is 0.660. The van der Waals surface area contributed by atoms with Crippen molar-refractivity contribution in [2.75, 3.05) is 0 Å². The summed E-state index contributed by atoms with van der Waals surface area (Å²) in [5.41, 5.74) is 9.29. The molecular formula is C31H23N. The minimum atomic E-state index is -0.00655. The highest BCUT2D eigenvalue weighted by Crippen LogP contribution is 2.49. The van der Waals surface area contributed by atoms with Gasteiger partial charge in [0.15, 0.2) is 0 Å². The van der Waals surface area contributed by atoms with Gasteiger partial charge in [0.05, 0.1) is 11.0 Å². The predicted octanol–water partition coefficient (Wildman–Crippen LogP) is 8.24. The zero-order chi connectivity index (χ0) is 21.4. The molecule has 0 radical (unpaired) electrons. The zero-order valence-corrected chi connectivity index (χ0v) is 18.3. The quantitative estimate of drug-likeness (QED) is 0.258. The van der Waals surface area contributed by atoms with E-state index in [1.54, 1.807) is 0 Å². The molecule has 0 saturated carbocycles. The average Bonchev–Trinajstić information content (AvgIpc) is 3.29. The second-order valence-electron chi connectivity index (χ2n) is 9.43. The summed E-state index contributed by atoms with van der Waals surface area (Å²) in [6.45, 7) is 4.70. The molecule has 1 aromatic heterocycles. The highest BCUT2D eigenvalue weighted by molar-refractivity contribution is 6.21. The van der Waals surface area contributed by atoms with Gasteiger partial charge in [-0.1, -0.05) is 92.7 Å². The SMILES string of the molecule is CC1(C)c2ccccc2-c2ccc(-n3c4ccccc4c4c5ccccc5ccc43)cc21. The van der Waals surface area contributed by atoms with E-state index in [4.69, 9.17) is 0 Å². The smallest absolute Gasteiger partial charge is 0.0547 e. The van der Waals surface area contributed by atoms with E-state index in [1.165, 1.54) is 60.5 Å². The molecule has 0 bridgehead atoms. The molecule has 5 aromatic carbocycles. The predicted molar refractivity (Wildman–Crippen MR) is 136 cm³/mol. The van der Waals surface area contributed by atoms with Crippen molar-refractivity contribution >= 4 is 32.6 Å². The highest BCUT2D eigenvalue weighted by Gasteiger charge is 2.35. The monoisotopic (exact) mass is 409 g/mol. The molecule has 1 heterocycles. The maximum Gasteiger partial charge on any atom is 0.0547 e. The number of fused-ring (bicyclic) bond motifs is 8. The lowest BCUT2D eigenvalue weighted by Crippen LogP contribution is -2.15. The van der Waals surface area contributed by atoms with Gasteiger partial charge in [0, 0.05) is 21.9 Å². The Morgan fingerprint density at radius 3 is 2.19 bits per heavy atom. The number of rotatable bonds is 1.